The van der Waals surface area contributed by atoms with Crippen molar-refractivity contribution in [2.24, 2.45) is 5.92 Å². The maximum absolute atomic E-state index is 12.7. The maximum atomic E-state index is 12.7. The Morgan fingerprint density at radius 3 is 2.36 bits per heavy atom. The van der Waals surface area contributed by atoms with Crippen LogP contribution in [-0.2, 0) is 4.79 Å². The summed E-state index contributed by atoms with van der Waals surface area (Å²) in [5, 5.41) is 0. The van der Waals surface area contributed by atoms with Crippen LogP contribution in [0.2, 0.25) is 0 Å². The third-order valence-corrected chi connectivity index (χ3v) is 5.67. The number of hydrogen-bond acceptors (Lipinski definition) is 4. The first kappa shape index (κ1) is 20.3. The molecule has 0 N–H and O–H groups in total. The molecule has 1 aromatic carbocycles. The molecule has 0 radical (unpaired) electrons. The summed E-state index contributed by atoms with van der Waals surface area (Å²) in [4.78, 5) is 26.0. The zero-order chi connectivity index (χ0) is 20.1. The maximum Gasteiger partial charge on any atom is 0.225 e. The number of carbonyl (C=O) groups excluding carboxylic acids is 1. The van der Waals surface area contributed by atoms with Gasteiger partial charge in [0.25, 0.3) is 0 Å². The van der Waals surface area contributed by atoms with Gasteiger partial charge in [0.1, 0.15) is 0 Å². The van der Waals surface area contributed by atoms with E-state index in [-0.39, 0.29) is 5.91 Å². The Morgan fingerprint density at radius 2 is 1.75 bits per heavy atom. The first-order valence-corrected chi connectivity index (χ1v) is 10.3. The van der Waals surface area contributed by atoms with Gasteiger partial charge in [0.15, 0.2) is 0 Å². The Balaban J connectivity index is 1.48. The van der Waals surface area contributed by atoms with Crippen molar-refractivity contribution < 1.29 is 4.79 Å². The number of aryl methyl sites for hydroxylation is 2. The van der Waals surface area contributed by atoms with Gasteiger partial charge >= 0.3 is 0 Å². The zero-order valence-corrected chi connectivity index (χ0v) is 17.6. The second-order valence-corrected chi connectivity index (χ2v) is 8.17. The molecule has 1 saturated heterocycles. The van der Waals surface area contributed by atoms with Crippen molar-refractivity contribution in [3.63, 3.8) is 0 Å². The van der Waals surface area contributed by atoms with Crippen molar-refractivity contribution in [3.8, 4) is 0 Å². The molecule has 3 rings (SSSR count). The van der Waals surface area contributed by atoms with Crippen LogP contribution in [0.15, 0.2) is 36.4 Å². The molecule has 2 heterocycles. The van der Waals surface area contributed by atoms with E-state index >= 15 is 0 Å². The van der Waals surface area contributed by atoms with Crippen LogP contribution in [0.4, 0.5) is 5.95 Å². The van der Waals surface area contributed by atoms with Crippen LogP contribution < -0.4 is 4.90 Å². The minimum atomic E-state index is 0.254. The lowest BCUT2D eigenvalue weighted by molar-refractivity contribution is -0.131. The lowest BCUT2D eigenvalue weighted by Gasteiger charge is -2.33. The Bertz CT molecular complexity index is 764. The Labute approximate surface area is 168 Å². The summed E-state index contributed by atoms with van der Waals surface area (Å²) in [6.45, 7) is 8.81. The van der Waals surface area contributed by atoms with E-state index in [2.05, 4.69) is 46.1 Å². The standard InChI is InChI=1S/C23H32N4O/c1-17(21-8-6-5-7-9-21)16-26(4)22(28)15-20-10-12-27(13-11-20)23-24-18(2)14-19(3)25-23/h5-9,14,17,20H,10-13,15-16H2,1-4H3/t17-/m0/s1. The highest BCUT2D eigenvalue weighted by Gasteiger charge is 2.25. The van der Waals surface area contributed by atoms with Crippen molar-refractivity contribution in [2.45, 2.75) is 46.0 Å². The van der Waals surface area contributed by atoms with Gasteiger partial charge in [-0.25, -0.2) is 9.97 Å². The average Bonchev–Trinajstić information content (AvgIpc) is 2.68. The summed E-state index contributed by atoms with van der Waals surface area (Å²) in [5.74, 6) is 1.88. The molecule has 5 nitrogen and oxygen atoms in total. The number of amides is 1. The van der Waals surface area contributed by atoms with Crippen molar-refractivity contribution in [3.05, 3.63) is 53.3 Å². The Morgan fingerprint density at radius 1 is 1.14 bits per heavy atom. The number of anilines is 1. The van der Waals surface area contributed by atoms with E-state index in [1.54, 1.807) is 0 Å². The fraction of sp³-hybridized carbons (Fsp3) is 0.522. The van der Waals surface area contributed by atoms with Crippen molar-refractivity contribution in [1.82, 2.24) is 14.9 Å². The number of rotatable bonds is 6. The fourth-order valence-corrected chi connectivity index (χ4v) is 3.99. The second kappa shape index (κ2) is 9.18. The van der Waals surface area contributed by atoms with E-state index < -0.39 is 0 Å². The van der Waals surface area contributed by atoms with E-state index in [0.717, 1.165) is 49.8 Å². The van der Waals surface area contributed by atoms with Gasteiger partial charge in [0.05, 0.1) is 0 Å². The topological polar surface area (TPSA) is 49.3 Å². The molecule has 28 heavy (non-hydrogen) atoms. The van der Waals surface area contributed by atoms with Gasteiger partial charge in [0, 0.05) is 44.5 Å². The lowest BCUT2D eigenvalue weighted by atomic mass is 9.93. The predicted molar refractivity (Wildman–Crippen MR) is 114 cm³/mol. The number of piperidine rings is 1. The third kappa shape index (κ3) is 5.31. The summed E-state index contributed by atoms with van der Waals surface area (Å²) in [6.07, 6.45) is 2.67. The molecule has 1 amide bonds. The monoisotopic (exact) mass is 380 g/mol. The number of benzene rings is 1. The predicted octanol–water partition coefficient (Wildman–Crippen LogP) is 3.96. The van der Waals surface area contributed by atoms with Gasteiger partial charge in [0.2, 0.25) is 11.9 Å². The smallest absolute Gasteiger partial charge is 0.225 e. The Kier molecular flexibility index (Phi) is 6.65. The van der Waals surface area contributed by atoms with Gasteiger partial charge in [-0.1, -0.05) is 37.3 Å². The molecule has 1 aliphatic heterocycles. The van der Waals surface area contributed by atoms with E-state index in [1.165, 1.54) is 5.56 Å². The number of aromatic nitrogens is 2. The molecular formula is C23H32N4O. The molecule has 150 valence electrons. The zero-order valence-electron chi connectivity index (χ0n) is 17.6. The Hall–Kier alpha value is -2.43. The summed E-state index contributed by atoms with van der Waals surface area (Å²) in [5.41, 5.74) is 3.30. The molecule has 1 aromatic heterocycles. The molecule has 5 heteroatoms. The number of nitrogens with zero attached hydrogens (tertiary/aromatic N) is 4. The molecule has 1 fully saturated rings. The summed E-state index contributed by atoms with van der Waals surface area (Å²) >= 11 is 0. The molecule has 0 spiro atoms. The van der Waals surface area contributed by atoms with Crippen LogP contribution in [0.5, 0.6) is 0 Å². The third-order valence-electron chi connectivity index (χ3n) is 5.67. The minimum absolute atomic E-state index is 0.254. The molecule has 1 aliphatic rings. The van der Waals surface area contributed by atoms with Crippen LogP contribution in [0.3, 0.4) is 0 Å². The normalized spacial score (nSPS) is 16.1. The summed E-state index contributed by atoms with van der Waals surface area (Å²) in [7, 11) is 1.93. The van der Waals surface area contributed by atoms with Crippen LogP contribution in [-0.4, -0.2) is 47.5 Å². The van der Waals surface area contributed by atoms with Crippen molar-refractivity contribution in [2.75, 3.05) is 31.6 Å². The molecule has 2 aromatic rings. The fourth-order valence-electron chi connectivity index (χ4n) is 3.99. The highest BCUT2D eigenvalue weighted by molar-refractivity contribution is 5.76. The summed E-state index contributed by atoms with van der Waals surface area (Å²) in [6, 6.07) is 12.4. The van der Waals surface area contributed by atoms with Crippen LogP contribution >= 0.6 is 0 Å². The molecule has 1 atom stereocenters. The van der Waals surface area contributed by atoms with Gasteiger partial charge in [-0.05, 0) is 50.2 Å². The van der Waals surface area contributed by atoms with E-state index in [9.17, 15) is 4.79 Å². The van der Waals surface area contributed by atoms with Crippen LogP contribution in [0, 0.1) is 19.8 Å². The first-order chi connectivity index (χ1) is 13.4. The van der Waals surface area contributed by atoms with E-state index in [0.29, 0.717) is 18.3 Å². The second-order valence-electron chi connectivity index (χ2n) is 8.17. The highest BCUT2D eigenvalue weighted by atomic mass is 16.2. The van der Waals surface area contributed by atoms with Gasteiger partial charge in [-0.3, -0.25) is 4.79 Å². The minimum Gasteiger partial charge on any atom is -0.345 e. The number of carbonyl (C=O) groups is 1. The van der Waals surface area contributed by atoms with Crippen LogP contribution in [0.1, 0.15) is 49.1 Å². The van der Waals surface area contributed by atoms with Crippen molar-refractivity contribution in [1.29, 1.82) is 0 Å². The molecule has 0 saturated carbocycles. The molecule has 0 bridgehead atoms. The quantitative estimate of drug-likeness (QED) is 0.761. The SMILES string of the molecule is Cc1cc(C)nc(N2CCC(CC(=O)N(C)C[C@H](C)c3ccccc3)CC2)n1. The molecular weight excluding hydrogens is 348 g/mol. The summed E-state index contributed by atoms with van der Waals surface area (Å²) < 4.78 is 0. The van der Waals surface area contributed by atoms with Gasteiger partial charge < -0.3 is 9.80 Å². The van der Waals surface area contributed by atoms with Gasteiger partial charge in [-0.2, -0.15) is 0 Å². The average molecular weight is 381 g/mol. The lowest BCUT2D eigenvalue weighted by Crippen LogP contribution is -2.38. The number of likely N-dealkylation sites (N-methyl/N-ethyl adjacent to an activating group) is 1. The van der Waals surface area contributed by atoms with E-state index in [1.807, 2.05) is 37.9 Å². The molecule has 0 aliphatic carbocycles. The largest absolute Gasteiger partial charge is 0.345 e. The van der Waals surface area contributed by atoms with Crippen molar-refractivity contribution >= 4 is 11.9 Å². The number of hydrogen-bond donors (Lipinski definition) is 0. The first-order valence-electron chi connectivity index (χ1n) is 10.3. The van der Waals surface area contributed by atoms with Crippen LogP contribution in [0.25, 0.3) is 0 Å². The van der Waals surface area contributed by atoms with E-state index in [4.69, 9.17) is 0 Å². The van der Waals surface area contributed by atoms with Gasteiger partial charge in [-0.15, -0.1) is 0 Å². The molecule has 0 unspecified atom stereocenters. The highest BCUT2D eigenvalue weighted by Crippen LogP contribution is 2.25.